The van der Waals surface area contributed by atoms with Crippen molar-refractivity contribution in [3.63, 3.8) is 0 Å². The van der Waals surface area contributed by atoms with Gasteiger partial charge < -0.3 is 5.32 Å². The number of imidazole rings is 1. The fourth-order valence-electron chi connectivity index (χ4n) is 4.37. The second-order valence-corrected chi connectivity index (χ2v) is 9.82. The van der Waals surface area contributed by atoms with Crippen LogP contribution >= 0.6 is 11.9 Å². The minimum absolute atomic E-state index is 0.231. The highest BCUT2D eigenvalue weighted by Crippen LogP contribution is 2.48. The molecule has 37 heavy (non-hydrogen) atoms. The summed E-state index contributed by atoms with van der Waals surface area (Å²) in [5, 5.41) is 2.88. The lowest BCUT2D eigenvalue weighted by Gasteiger charge is -2.35. The third-order valence-electron chi connectivity index (χ3n) is 6.17. The van der Waals surface area contributed by atoms with E-state index in [-0.39, 0.29) is 11.7 Å². The summed E-state index contributed by atoms with van der Waals surface area (Å²) in [5.74, 6) is -0.595. The molecule has 0 atom stereocenters. The van der Waals surface area contributed by atoms with Crippen molar-refractivity contribution in [1.29, 1.82) is 0 Å². The summed E-state index contributed by atoms with van der Waals surface area (Å²) >= 11 is 1.69. The molecule has 0 unspecified atom stereocenters. The van der Waals surface area contributed by atoms with Crippen molar-refractivity contribution in [2.75, 3.05) is 6.54 Å². The topological polar surface area (TPSA) is 46.9 Å². The number of rotatable bonds is 9. The highest BCUT2D eigenvalue weighted by molar-refractivity contribution is 7.99. The zero-order valence-electron chi connectivity index (χ0n) is 20.1. The predicted octanol–water partition coefficient (Wildman–Crippen LogP) is 6.48. The van der Waals surface area contributed by atoms with Crippen molar-refractivity contribution < 1.29 is 9.18 Å². The SMILES string of the molecule is O=C(NCCc1cn(SC(c2ccccc2)(c2ccccc2)c2ccccc2)cn1)c1ccc(F)cc1. The van der Waals surface area contributed by atoms with Gasteiger partial charge in [-0.3, -0.25) is 8.77 Å². The first-order valence-electron chi connectivity index (χ1n) is 12.1. The molecular weight excluding hydrogens is 481 g/mol. The Bertz CT molecular complexity index is 1340. The maximum absolute atomic E-state index is 13.1. The Kier molecular flexibility index (Phi) is 7.47. The highest BCUT2D eigenvalue weighted by atomic mass is 32.2. The Morgan fingerprint density at radius 3 is 1.81 bits per heavy atom. The van der Waals surface area contributed by atoms with E-state index in [2.05, 4.69) is 83.1 Å². The first kappa shape index (κ1) is 24.5. The lowest BCUT2D eigenvalue weighted by Crippen LogP contribution is -2.27. The molecule has 0 saturated heterocycles. The summed E-state index contributed by atoms with van der Waals surface area (Å²) in [6, 6.07) is 37.0. The number of hydrogen-bond donors (Lipinski definition) is 1. The number of amides is 1. The average Bonchev–Trinajstić information content (AvgIpc) is 3.40. The van der Waals surface area contributed by atoms with Crippen LogP contribution in [0.2, 0.25) is 0 Å². The van der Waals surface area contributed by atoms with Gasteiger partial charge in [-0.15, -0.1) is 0 Å². The molecule has 1 aromatic heterocycles. The van der Waals surface area contributed by atoms with Crippen LogP contribution in [0.25, 0.3) is 0 Å². The van der Waals surface area contributed by atoms with E-state index in [0.29, 0.717) is 18.5 Å². The van der Waals surface area contributed by atoms with Crippen LogP contribution in [-0.4, -0.2) is 21.4 Å². The van der Waals surface area contributed by atoms with Crippen molar-refractivity contribution >= 4 is 17.9 Å². The number of halogens is 1. The van der Waals surface area contributed by atoms with Crippen molar-refractivity contribution in [3.8, 4) is 0 Å². The van der Waals surface area contributed by atoms with E-state index < -0.39 is 4.75 Å². The van der Waals surface area contributed by atoms with Crippen molar-refractivity contribution in [2.24, 2.45) is 0 Å². The van der Waals surface area contributed by atoms with Crippen LogP contribution in [0.15, 0.2) is 128 Å². The first-order valence-corrected chi connectivity index (χ1v) is 12.9. The van der Waals surface area contributed by atoms with Gasteiger partial charge in [0.15, 0.2) is 0 Å². The Hall–Kier alpha value is -4.16. The number of aromatic nitrogens is 2. The van der Waals surface area contributed by atoms with Gasteiger partial charge in [0.1, 0.15) is 16.9 Å². The van der Waals surface area contributed by atoms with Crippen molar-refractivity contribution in [1.82, 2.24) is 14.3 Å². The van der Waals surface area contributed by atoms with Crippen LogP contribution in [-0.2, 0) is 11.2 Å². The standard InChI is InChI=1S/C31H26FN3OS/c32-28-18-16-24(17-19-28)30(36)33-21-20-29-22-35(23-34-29)37-31(25-10-4-1-5-11-25,26-12-6-2-7-13-26)27-14-8-3-9-15-27/h1-19,22-23H,20-21H2,(H,33,36). The number of nitrogens with one attached hydrogen (secondary N) is 1. The van der Waals surface area contributed by atoms with Crippen LogP contribution in [0.5, 0.6) is 0 Å². The van der Waals surface area contributed by atoms with Crippen LogP contribution in [0.4, 0.5) is 4.39 Å². The van der Waals surface area contributed by atoms with Gasteiger partial charge in [-0.2, -0.15) is 0 Å². The molecule has 1 N–H and O–H groups in total. The summed E-state index contributed by atoms with van der Waals surface area (Å²) in [4.78, 5) is 17.0. The fourth-order valence-corrected chi connectivity index (χ4v) is 5.68. The lowest BCUT2D eigenvalue weighted by molar-refractivity contribution is 0.0954. The average molecular weight is 508 g/mol. The second kappa shape index (κ2) is 11.3. The molecular formula is C31H26FN3OS. The third kappa shape index (κ3) is 5.49. The molecule has 6 heteroatoms. The summed E-state index contributed by atoms with van der Waals surface area (Å²) < 4.78 is 14.7. The molecule has 4 aromatic carbocycles. The van der Waals surface area contributed by atoms with Gasteiger partial charge in [0.05, 0.1) is 5.69 Å². The Morgan fingerprint density at radius 2 is 1.30 bits per heavy atom. The van der Waals surface area contributed by atoms with Crippen LogP contribution in [0, 0.1) is 5.82 Å². The minimum Gasteiger partial charge on any atom is -0.352 e. The third-order valence-corrected chi connectivity index (χ3v) is 7.56. The van der Waals surface area contributed by atoms with Gasteiger partial charge in [-0.05, 0) is 52.9 Å². The van der Waals surface area contributed by atoms with Crippen molar-refractivity contribution in [2.45, 2.75) is 11.2 Å². The number of carbonyl (C=O) groups excluding carboxylic acids is 1. The molecule has 184 valence electrons. The summed E-state index contributed by atoms with van der Waals surface area (Å²) in [5.41, 5.74) is 4.80. The molecule has 4 nitrogen and oxygen atoms in total. The van der Waals surface area contributed by atoms with E-state index in [1.165, 1.54) is 41.0 Å². The first-order chi connectivity index (χ1) is 18.1. The molecule has 0 aliphatic rings. The molecule has 0 radical (unpaired) electrons. The molecule has 1 amide bonds. The van der Waals surface area contributed by atoms with E-state index in [1.54, 1.807) is 11.9 Å². The van der Waals surface area contributed by atoms with Gasteiger partial charge in [0, 0.05) is 24.7 Å². The van der Waals surface area contributed by atoms with E-state index in [0.717, 1.165) is 5.69 Å². The Morgan fingerprint density at radius 1 is 0.784 bits per heavy atom. The monoisotopic (exact) mass is 507 g/mol. The number of benzene rings is 4. The fraction of sp³-hybridized carbons (Fsp3) is 0.0968. The molecule has 0 spiro atoms. The van der Waals surface area contributed by atoms with Gasteiger partial charge in [-0.1, -0.05) is 91.0 Å². The maximum atomic E-state index is 13.1. The van der Waals surface area contributed by atoms with Crippen molar-refractivity contribution in [3.05, 3.63) is 162 Å². The normalized spacial score (nSPS) is 11.3. The largest absolute Gasteiger partial charge is 0.352 e. The van der Waals surface area contributed by atoms with Gasteiger partial charge in [0.25, 0.3) is 5.91 Å². The Labute approximate surface area is 220 Å². The van der Waals surface area contributed by atoms with E-state index in [4.69, 9.17) is 0 Å². The lowest BCUT2D eigenvalue weighted by atomic mass is 9.84. The summed E-state index contributed by atoms with van der Waals surface area (Å²) in [7, 11) is 0. The van der Waals surface area contributed by atoms with E-state index >= 15 is 0 Å². The number of hydrogen-bond acceptors (Lipinski definition) is 3. The number of carbonyl (C=O) groups is 1. The maximum Gasteiger partial charge on any atom is 0.251 e. The summed E-state index contributed by atoms with van der Waals surface area (Å²) in [6.07, 6.45) is 4.42. The van der Waals surface area contributed by atoms with Crippen LogP contribution in [0.3, 0.4) is 0 Å². The molecule has 5 aromatic rings. The van der Waals surface area contributed by atoms with Gasteiger partial charge in [0.2, 0.25) is 0 Å². The van der Waals surface area contributed by atoms with Crippen LogP contribution < -0.4 is 5.32 Å². The number of nitrogens with zero attached hydrogens (tertiary/aromatic N) is 2. The predicted molar refractivity (Wildman–Crippen MR) is 147 cm³/mol. The highest BCUT2D eigenvalue weighted by Gasteiger charge is 2.38. The quantitative estimate of drug-likeness (QED) is 0.232. The van der Waals surface area contributed by atoms with E-state index in [9.17, 15) is 9.18 Å². The molecule has 1 heterocycles. The Balaban J connectivity index is 1.40. The second-order valence-electron chi connectivity index (χ2n) is 8.61. The van der Waals surface area contributed by atoms with E-state index in [1.807, 2.05) is 34.7 Å². The molecule has 0 aliphatic heterocycles. The van der Waals surface area contributed by atoms with Gasteiger partial charge >= 0.3 is 0 Å². The molecule has 5 rings (SSSR count). The smallest absolute Gasteiger partial charge is 0.251 e. The zero-order chi connectivity index (χ0) is 25.5. The summed E-state index contributed by atoms with van der Waals surface area (Å²) in [6.45, 7) is 0.430. The van der Waals surface area contributed by atoms with Gasteiger partial charge in [-0.25, -0.2) is 9.37 Å². The molecule has 0 bridgehead atoms. The zero-order valence-corrected chi connectivity index (χ0v) is 20.9. The van der Waals surface area contributed by atoms with Crippen LogP contribution in [0.1, 0.15) is 32.7 Å². The molecule has 0 saturated carbocycles. The molecule has 0 aliphatic carbocycles. The minimum atomic E-state index is -0.501. The molecule has 0 fully saturated rings.